The van der Waals surface area contributed by atoms with Crippen LogP contribution in [0.25, 0.3) is 22.4 Å². The average molecular weight is 485 g/mol. The van der Waals surface area contributed by atoms with E-state index < -0.39 is 0 Å². The van der Waals surface area contributed by atoms with Gasteiger partial charge in [0.25, 0.3) is 5.91 Å². The third kappa shape index (κ3) is 4.55. The monoisotopic (exact) mass is 484 g/mol. The van der Waals surface area contributed by atoms with E-state index in [9.17, 15) is 4.79 Å². The Bertz CT molecular complexity index is 1300. The Hall–Kier alpha value is -3.59. The fourth-order valence-corrected chi connectivity index (χ4v) is 5.24. The summed E-state index contributed by atoms with van der Waals surface area (Å²) in [5, 5.41) is 8.31. The third-order valence-corrected chi connectivity index (χ3v) is 7.24. The summed E-state index contributed by atoms with van der Waals surface area (Å²) in [7, 11) is 0. The van der Waals surface area contributed by atoms with E-state index in [1.807, 2.05) is 41.8 Å². The van der Waals surface area contributed by atoms with Crippen LogP contribution in [0.2, 0.25) is 0 Å². The predicted molar refractivity (Wildman–Crippen MR) is 135 cm³/mol. The van der Waals surface area contributed by atoms with E-state index in [4.69, 9.17) is 14.5 Å². The second-order valence-electron chi connectivity index (χ2n) is 8.61. The van der Waals surface area contributed by atoms with Crippen molar-refractivity contribution in [2.45, 2.75) is 24.3 Å². The number of fused-ring (bicyclic) bond motifs is 1. The van der Waals surface area contributed by atoms with Crippen LogP contribution >= 0.6 is 11.3 Å². The normalized spacial score (nSPS) is 23.1. The van der Waals surface area contributed by atoms with Crippen LogP contribution in [0.5, 0.6) is 0 Å². The second kappa shape index (κ2) is 9.58. The van der Waals surface area contributed by atoms with Gasteiger partial charge in [-0.15, -0.1) is 11.3 Å². The molecular formula is C27H24N4O3S. The Balaban J connectivity index is 1.12. The summed E-state index contributed by atoms with van der Waals surface area (Å²) >= 11 is 1.42. The minimum absolute atomic E-state index is 0.0939. The zero-order valence-corrected chi connectivity index (χ0v) is 19.7. The van der Waals surface area contributed by atoms with Crippen molar-refractivity contribution in [1.82, 2.24) is 15.3 Å². The van der Waals surface area contributed by atoms with E-state index in [2.05, 4.69) is 52.0 Å². The maximum Gasteiger partial charge on any atom is 0.261 e. The number of anilines is 1. The van der Waals surface area contributed by atoms with Gasteiger partial charge in [-0.2, -0.15) is 0 Å². The lowest BCUT2D eigenvalue weighted by atomic mass is 10.0. The number of hydrogen-bond donors (Lipinski definition) is 2. The van der Waals surface area contributed by atoms with Crippen molar-refractivity contribution in [2.24, 2.45) is 0 Å². The van der Waals surface area contributed by atoms with Gasteiger partial charge in [0.15, 0.2) is 0 Å². The first-order chi connectivity index (χ1) is 17.2. The SMILES string of the molecule is O=C(N[C@H]1CO[C@H]2[C@@H]1OC[C@@H]2Nc1nccc(-c2ccc(-c3ccccc3)cc2)n1)c1cccs1. The highest BCUT2D eigenvalue weighted by atomic mass is 32.1. The van der Waals surface area contributed by atoms with Crippen LogP contribution in [0.15, 0.2) is 84.4 Å². The largest absolute Gasteiger partial charge is 0.371 e. The Morgan fingerprint density at radius 3 is 2.31 bits per heavy atom. The first kappa shape index (κ1) is 21.9. The molecule has 2 saturated heterocycles. The molecule has 0 bridgehead atoms. The number of nitrogens with zero attached hydrogens (tertiary/aromatic N) is 2. The zero-order valence-electron chi connectivity index (χ0n) is 18.8. The first-order valence-corrected chi connectivity index (χ1v) is 12.5. The Kier molecular flexibility index (Phi) is 5.99. The molecular weight excluding hydrogens is 460 g/mol. The lowest BCUT2D eigenvalue weighted by Crippen LogP contribution is -2.44. The van der Waals surface area contributed by atoms with Crippen molar-refractivity contribution in [3.05, 3.63) is 89.3 Å². The molecule has 0 radical (unpaired) electrons. The molecule has 2 aromatic carbocycles. The summed E-state index contributed by atoms with van der Waals surface area (Å²) < 4.78 is 12.0. The molecule has 0 saturated carbocycles. The number of benzene rings is 2. The number of nitrogens with one attached hydrogen (secondary N) is 2. The molecule has 0 aliphatic carbocycles. The van der Waals surface area contributed by atoms with Gasteiger partial charge in [0, 0.05) is 11.8 Å². The summed E-state index contributed by atoms with van der Waals surface area (Å²) in [6, 6.07) is 23.9. The highest BCUT2D eigenvalue weighted by molar-refractivity contribution is 7.12. The summed E-state index contributed by atoms with van der Waals surface area (Å²) in [6.07, 6.45) is 1.37. The average Bonchev–Trinajstić information content (AvgIpc) is 3.66. The fourth-order valence-electron chi connectivity index (χ4n) is 4.61. The standard InChI is InChI=1S/C27H24N4O3S/c32-26(23-7-4-14-35-23)29-21-15-33-25-22(16-34-24(21)25)31-27-28-13-12-20(30-27)19-10-8-18(9-11-19)17-5-2-1-3-6-17/h1-14,21-22,24-25H,15-16H2,(H,29,32)(H,28,30,31)/t21-,22-,24+,25+/m0/s1. The van der Waals surface area contributed by atoms with Gasteiger partial charge < -0.3 is 20.1 Å². The highest BCUT2D eigenvalue weighted by Gasteiger charge is 2.48. The van der Waals surface area contributed by atoms with Gasteiger partial charge >= 0.3 is 0 Å². The van der Waals surface area contributed by atoms with Crippen molar-refractivity contribution in [3.8, 4) is 22.4 Å². The molecule has 2 N–H and O–H groups in total. The number of ether oxygens (including phenoxy) is 2. The minimum atomic E-state index is -0.204. The first-order valence-electron chi connectivity index (χ1n) is 11.6. The molecule has 4 atom stereocenters. The van der Waals surface area contributed by atoms with Crippen molar-refractivity contribution in [3.63, 3.8) is 0 Å². The van der Waals surface area contributed by atoms with E-state index in [0.717, 1.165) is 16.8 Å². The Morgan fingerprint density at radius 1 is 0.829 bits per heavy atom. The number of carbonyl (C=O) groups excluding carboxylic acids is 1. The number of hydrogen-bond acceptors (Lipinski definition) is 7. The summed E-state index contributed by atoms with van der Waals surface area (Å²) in [6.45, 7) is 0.874. The molecule has 6 rings (SSSR count). The smallest absolute Gasteiger partial charge is 0.261 e. The van der Waals surface area contributed by atoms with Gasteiger partial charge in [-0.05, 0) is 28.6 Å². The maximum atomic E-state index is 12.4. The molecule has 176 valence electrons. The van der Waals surface area contributed by atoms with Gasteiger partial charge in [0.1, 0.15) is 12.2 Å². The van der Waals surface area contributed by atoms with Crippen LogP contribution in [0.3, 0.4) is 0 Å². The van der Waals surface area contributed by atoms with Crippen molar-refractivity contribution < 1.29 is 14.3 Å². The zero-order chi connectivity index (χ0) is 23.6. The van der Waals surface area contributed by atoms with Gasteiger partial charge in [0.05, 0.1) is 35.9 Å². The molecule has 1 amide bonds. The number of amides is 1. The van der Waals surface area contributed by atoms with Gasteiger partial charge in [-0.1, -0.05) is 60.7 Å². The van der Waals surface area contributed by atoms with E-state index in [-0.39, 0.29) is 30.2 Å². The van der Waals surface area contributed by atoms with Gasteiger partial charge in [-0.25, -0.2) is 9.97 Å². The molecule has 2 aliphatic heterocycles. The number of aromatic nitrogens is 2. The van der Waals surface area contributed by atoms with Crippen LogP contribution < -0.4 is 10.6 Å². The molecule has 4 aromatic rings. The summed E-state index contributed by atoms with van der Waals surface area (Å²) in [4.78, 5) is 22.3. The predicted octanol–water partition coefficient (Wildman–Crippen LogP) is 4.25. The van der Waals surface area contributed by atoms with Crippen LogP contribution in [0.1, 0.15) is 9.67 Å². The number of rotatable bonds is 6. The molecule has 0 spiro atoms. The topological polar surface area (TPSA) is 85.4 Å². The van der Waals surface area contributed by atoms with Gasteiger partial charge in [0.2, 0.25) is 5.95 Å². The lowest BCUT2D eigenvalue weighted by Gasteiger charge is -2.18. The molecule has 4 heterocycles. The number of carbonyl (C=O) groups is 1. The Labute approximate surface area is 207 Å². The van der Waals surface area contributed by atoms with Crippen LogP contribution in [-0.2, 0) is 9.47 Å². The summed E-state index contributed by atoms with van der Waals surface area (Å²) in [5.41, 5.74) is 4.20. The highest BCUT2D eigenvalue weighted by Crippen LogP contribution is 2.30. The molecule has 0 unspecified atom stereocenters. The Morgan fingerprint density at radius 2 is 1.54 bits per heavy atom. The quantitative estimate of drug-likeness (QED) is 0.426. The molecule has 2 aliphatic rings. The summed E-state index contributed by atoms with van der Waals surface area (Å²) in [5.74, 6) is 0.433. The molecule has 35 heavy (non-hydrogen) atoms. The van der Waals surface area contributed by atoms with Gasteiger partial charge in [-0.3, -0.25) is 4.79 Å². The second-order valence-corrected chi connectivity index (χ2v) is 9.56. The molecule has 2 aromatic heterocycles. The molecule has 7 nitrogen and oxygen atoms in total. The van der Waals surface area contributed by atoms with Crippen LogP contribution in [0.4, 0.5) is 5.95 Å². The molecule has 2 fully saturated rings. The van der Waals surface area contributed by atoms with Crippen molar-refractivity contribution in [1.29, 1.82) is 0 Å². The van der Waals surface area contributed by atoms with E-state index in [1.54, 1.807) is 6.20 Å². The number of thiophene rings is 1. The van der Waals surface area contributed by atoms with Crippen LogP contribution in [0, 0.1) is 0 Å². The van der Waals surface area contributed by atoms with E-state index in [1.165, 1.54) is 16.9 Å². The van der Waals surface area contributed by atoms with Crippen molar-refractivity contribution in [2.75, 3.05) is 18.5 Å². The maximum absolute atomic E-state index is 12.4. The molecule has 8 heteroatoms. The van der Waals surface area contributed by atoms with Crippen molar-refractivity contribution >= 4 is 23.2 Å². The minimum Gasteiger partial charge on any atom is -0.371 e. The third-order valence-electron chi connectivity index (χ3n) is 6.37. The van der Waals surface area contributed by atoms with Crippen LogP contribution in [-0.4, -0.2) is 53.4 Å². The van der Waals surface area contributed by atoms with E-state index in [0.29, 0.717) is 24.0 Å². The fraction of sp³-hybridized carbons (Fsp3) is 0.222. The van der Waals surface area contributed by atoms with E-state index >= 15 is 0 Å². The lowest BCUT2D eigenvalue weighted by molar-refractivity contribution is 0.0652.